The van der Waals surface area contributed by atoms with Crippen LogP contribution in [-0.4, -0.2) is 44.9 Å². The second-order valence-electron chi connectivity index (χ2n) is 37.4. The van der Waals surface area contributed by atoms with Gasteiger partial charge in [-0.2, -0.15) is 0 Å². The Bertz CT molecular complexity index is 8850. The summed E-state index contributed by atoms with van der Waals surface area (Å²) in [5.41, 5.74) is 35.8. The van der Waals surface area contributed by atoms with Gasteiger partial charge in [0, 0.05) is 98.6 Å². The quantitative estimate of drug-likeness (QED) is 0.114. The van der Waals surface area contributed by atoms with E-state index in [9.17, 15) is 0 Å². The minimum atomic E-state index is -0.122. The van der Waals surface area contributed by atoms with Crippen molar-refractivity contribution in [2.45, 2.75) is 57.8 Å². The van der Waals surface area contributed by atoms with E-state index in [-0.39, 0.29) is 16.2 Å². The van der Waals surface area contributed by atoms with Gasteiger partial charge in [-0.1, -0.05) is 393 Å². The summed E-state index contributed by atoms with van der Waals surface area (Å²) in [7, 11) is 0. The monoisotopic (exact) mass is 1770 g/mol. The molecule has 0 amide bonds. The lowest BCUT2D eigenvalue weighted by molar-refractivity contribution is 0.657. The third-order valence-electron chi connectivity index (χ3n) is 28.0. The molecule has 6 aromatic heterocycles. The van der Waals surface area contributed by atoms with Crippen LogP contribution in [0.1, 0.15) is 74.9 Å². The van der Waals surface area contributed by atoms with Gasteiger partial charge in [0.15, 0.2) is 52.4 Å². The number of nitrogens with zero attached hydrogens (tertiary/aromatic N) is 9. The molecule has 0 saturated heterocycles. The number of hydrogen-bond acceptors (Lipinski definition) is 12. The zero-order valence-electron chi connectivity index (χ0n) is 76.6. The Labute approximate surface area is 797 Å². The molecule has 0 spiro atoms. The Morgan fingerprint density at radius 2 is 0.377 bits per heavy atom. The van der Waals surface area contributed by atoms with Gasteiger partial charge in [0.2, 0.25) is 0 Å². The van der Waals surface area contributed by atoms with Gasteiger partial charge in [0.25, 0.3) is 0 Å². The first kappa shape index (κ1) is 82.3. The van der Waals surface area contributed by atoms with Crippen molar-refractivity contribution in [3.63, 3.8) is 0 Å². The minimum absolute atomic E-state index is 0.0813. The minimum Gasteiger partial charge on any atom is -0.456 e. The molecule has 24 aromatic rings. The van der Waals surface area contributed by atoms with Gasteiger partial charge in [0.05, 0.1) is 0 Å². The molecule has 0 bridgehead atoms. The fourth-order valence-electron chi connectivity index (χ4n) is 21.0. The SMILES string of the molecule is CC1(C)c2ccccc2-c2cc3oc4cccc(-c5ccc(-c6nc(-c7ccccc7)nc(-c7ccccc7)n6)cc5)c4c3cc21.CC1(C)c2ccccc2-c2cc3oc4cccc(-c5cccc(-c6nc(-c7ccccc7)nc(-c7ccccc7)n6)c5)c4c3cc21.CC1(C)c2ccccc2-c2cc3oc4cccc(-c5nc(-c6ccccc6)nc(-c6cccc(-c7ccccc7)c6)n5)c4c3cc21. The van der Waals surface area contributed by atoms with Crippen molar-refractivity contribution in [2.75, 3.05) is 0 Å². The van der Waals surface area contributed by atoms with Crippen LogP contribution in [0, 0.1) is 0 Å². The predicted octanol–water partition coefficient (Wildman–Crippen LogP) is 32.2. The van der Waals surface area contributed by atoms with Crippen LogP contribution in [0.5, 0.6) is 0 Å². The zero-order valence-corrected chi connectivity index (χ0v) is 76.6. The molecule has 12 nitrogen and oxygen atoms in total. The average Bonchev–Trinajstić information content (AvgIpc) is 1.56. The highest BCUT2D eigenvalue weighted by Gasteiger charge is 2.40. The lowest BCUT2D eigenvalue weighted by Crippen LogP contribution is -2.14. The summed E-state index contributed by atoms with van der Waals surface area (Å²) < 4.78 is 19.6. The zero-order chi connectivity index (χ0) is 92.5. The van der Waals surface area contributed by atoms with Crippen LogP contribution in [0.15, 0.2) is 432 Å². The average molecular weight is 1780 g/mol. The molecule has 27 rings (SSSR count). The van der Waals surface area contributed by atoms with E-state index < -0.39 is 0 Å². The normalized spacial score (nSPS) is 13.2. The summed E-state index contributed by atoms with van der Waals surface area (Å²) in [5, 5.41) is 6.62. The van der Waals surface area contributed by atoms with Crippen molar-refractivity contribution in [2.24, 2.45) is 0 Å². The summed E-state index contributed by atoms with van der Waals surface area (Å²) in [6, 6.07) is 145. The molecule has 0 radical (unpaired) electrons. The maximum Gasteiger partial charge on any atom is 0.164 e. The van der Waals surface area contributed by atoms with Crippen molar-refractivity contribution in [1.29, 1.82) is 0 Å². The Morgan fingerprint density at radius 3 is 0.725 bits per heavy atom. The van der Waals surface area contributed by atoms with Crippen LogP contribution in [0.25, 0.3) is 235 Å². The lowest BCUT2D eigenvalue weighted by atomic mass is 9.82. The molecule has 3 aliphatic rings. The van der Waals surface area contributed by atoms with Gasteiger partial charge >= 0.3 is 0 Å². The highest BCUT2D eigenvalue weighted by Crippen LogP contribution is 2.56. The molecular weight excluding hydrogens is 1690 g/mol. The standard InChI is InChI=1S/3C42H29N3O/c1-42(2)34-21-10-9-19-31(34)32-25-37-33(24-35(32)42)38-30(20-12-22-36(38)46-37)28-17-11-18-29(23-28)41-44-39(26-13-5-3-6-14-26)43-40(45-41)27-15-7-4-8-16-27;1-42(2)34-21-10-9-19-30(34)32-25-37-33(24-35(32)42)38-31(20-12-22-36(38)46-37)41-44-39(27-15-7-4-8-16-27)43-40(45-41)29-18-11-17-28(23-29)26-13-5-3-6-14-26;1-42(2)34-18-10-9-16-31(34)32-25-37-33(24-35(32)42)38-30(17-11-19-36(38)46-37)26-20-22-29(23-21-26)41-44-39(27-12-5-3-6-13-27)43-40(45-41)28-14-7-4-8-15-28/h3*3-25H,1-2H3. The third kappa shape index (κ3) is 14.2. The van der Waals surface area contributed by atoms with Gasteiger partial charge in [-0.3, -0.25) is 0 Å². The van der Waals surface area contributed by atoms with Crippen molar-refractivity contribution in [3.05, 3.63) is 452 Å². The lowest BCUT2D eigenvalue weighted by Gasteiger charge is -2.21. The molecule has 6 heterocycles. The van der Waals surface area contributed by atoms with Gasteiger partial charge in [0.1, 0.15) is 33.5 Å². The van der Waals surface area contributed by atoms with Gasteiger partial charge in [-0.05, 0) is 167 Å². The van der Waals surface area contributed by atoms with E-state index in [2.05, 4.69) is 290 Å². The molecule has 138 heavy (non-hydrogen) atoms. The predicted molar refractivity (Wildman–Crippen MR) is 559 cm³/mol. The van der Waals surface area contributed by atoms with E-state index in [0.717, 1.165) is 149 Å². The maximum absolute atomic E-state index is 6.55. The van der Waals surface area contributed by atoms with Crippen molar-refractivity contribution in [3.8, 4) is 169 Å². The highest BCUT2D eigenvalue weighted by atomic mass is 16.3. The Morgan fingerprint density at radius 1 is 0.145 bits per heavy atom. The second kappa shape index (κ2) is 32.9. The first-order valence-electron chi connectivity index (χ1n) is 46.9. The van der Waals surface area contributed by atoms with Crippen LogP contribution in [0.3, 0.4) is 0 Å². The number of hydrogen-bond donors (Lipinski definition) is 0. The van der Waals surface area contributed by atoms with E-state index in [4.69, 9.17) is 58.1 Å². The van der Waals surface area contributed by atoms with Crippen molar-refractivity contribution >= 4 is 65.8 Å². The van der Waals surface area contributed by atoms with Crippen LogP contribution in [0.2, 0.25) is 0 Å². The molecule has 0 unspecified atom stereocenters. The van der Waals surface area contributed by atoms with Gasteiger partial charge < -0.3 is 13.3 Å². The van der Waals surface area contributed by atoms with Crippen LogP contribution >= 0.6 is 0 Å². The topological polar surface area (TPSA) is 155 Å². The summed E-state index contributed by atoms with van der Waals surface area (Å²) in [6.07, 6.45) is 0. The van der Waals surface area contributed by atoms with E-state index in [1.807, 2.05) is 170 Å². The molecule has 0 atom stereocenters. The van der Waals surface area contributed by atoms with Crippen molar-refractivity contribution < 1.29 is 13.3 Å². The van der Waals surface area contributed by atoms with Crippen LogP contribution in [0.4, 0.5) is 0 Å². The van der Waals surface area contributed by atoms with Crippen LogP contribution in [-0.2, 0) is 16.2 Å². The molecule has 18 aromatic carbocycles. The highest BCUT2D eigenvalue weighted by molar-refractivity contribution is 6.17. The fourth-order valence-corrected chi connectivity index (χ4v) is 21.0. The molecule has 0 aliphatic heterocycles. The summed E-state index contributed by atoms with van der Waals surface area (Å²) in [4.78, 5) is 44.7. The second-order valence-corrected chi connectivity index (χ2v) is 37.4. The molecular formula is C126H87N9O3. The number of aromatic nitrogens is 9. The smallest absolute Gasteiger partial charge is 0.164 e. The number of fused-ring (bicyclic) bond motifs is 18. The van der Waals surface area contributed by atoms with E-state index in [1.165, 1.54) is 66.8 Å². The van der Waals surface area contributed by atoms with Gasteiger partial charge in [-0.15, -0.1) is 0 Å². The van der Waals surface area contributed by atoms with Gasteiger partial charge in [-0.25, -0.2) is 44.9 Å². The summed E-state index contributed by atoms with van der Waals surface area (Å²) >= 11 is 0. The summed E-state index contributed by atoms with van der Waals surface area (Å²) in [6.45, 7) is 13.9. The largest absolute Gasteiger partial charge is 0.456 e. The third-order valence-corrected chi connectivity index (χ3v) is 28.0. The Hall–Kier alpha value is -17.6. The molecule has 12 heteroatoms. The summed E-state index contributed by atoms with van der Waals surface area (Å²) in [5.74, 6) is 5.76. The molecule has 0 saturated carbocycles. The van der Waals surface area contributed by atoms with E-state index in [1.54, 1.807) is 0 Å². The Kier molecular flexibility index (Phi) is 19.6. The fraction of sp³-hybridized carbons (Fsp3) is 0.0714. The molecule has 0 fully saturated rings. The van der Waals surface area contributed by atoms with Crippen LogP contribution < -0.4 is 0 Å². The molecule has 3 aliphatic carbocycles. The van der Waals surface area contributed by atoms with E-state index >= 15 is 0 Å². The molecule has 0 N–H and O–H groups in total. The van der Waals surface area contributed by atoms with E-state index in [0.29, 0.717) is 52.4 Å². The Balaban J connectivity index is 0.000000110. The first-order valence-corrected chi connectivity index (χ1v) is 46.9. The number of benzene rings is 18. The first-order chi connectivity index (χ1) is 67.6. The van der Waals surface area contributed by atoms with Crippen molar-refractivity contribution in [1.82, 2.24) is 44.9 Å². The molecule has 654 valence electrons. The number of furan rings is 3. The maximum atomic E-state index is 6.55. The number of rotatable bonds is 12.